The maximum Gasteiger partial charge on any atom is 0.303 e. The molecule has 13 heteroatoms. The number of hydrogen-bond acceptors (Lipinski definition) is 12. The first-order chi connectivity index (χ1) is 16.2. The molecule has 0 saturated carbocycles. The first kappa shape index (κ1) is 24.8. The van der Waals surface area contributed by atoms with Crippen LogP contribution in [-0.4, -0.2) is 75.1 Å². The van der Waals surface area contributed by atoms with E-state index < -0.39 is 54.5 Å². The molecule has 0 bridgehead atoms. The zero-order valence-corrected chi connectivity index (χ0v) is 18.9. The molecule has 1 aromatic heterocycles. The number of ether oxygens (including phenoxy) is 5. The fraction of sp³-hybridized carbons (Fsp3) is 0.476. The molecule has 3 rings (SSSR count). The van der Waals surface area contributed by atoms with Gasteiger partial charge in [-0.15, -0.1) is 5.10 Å². The lowest BCUT2D eigenvalue weighted by Crippen LogP contribution is -2.60. The van der Waals surface area contributed by atoms with E-state index in [4.69, 9.17) is 23.7 Å². The van der Waals surface area contributed by atoms with E-state index in [-0.39, 0.29) is 12.4 Å². The molecule has 34 heavy (non-hydrogen) atoms. The average molecular weight is 476 g/mol. The van der Waals surface area contributed by atoms with Crippen molar-refractivity contribution in [2.75, 3.05) is 6.61 Å². The summed E-state index contributed by atoms with van der Waals surface area (Å²) in [4.78, 5) is 47.2. The lowest BCUT2D eigenvalue weighted by molar-refractivity contribution is -0.270. The van der Waals surface area contributed by atoms with Gasteiger partial charge in [-0.1, -0.05) is 30.3 Å². The molecule has 182 valence electrons. The van der Waals surface area contributed by atoms with Crippen molar-refractivity contribution in [3.8, 4) is 11.4 Å². The standard InChI is InChI=1S/C21H24N4O9/c1-11(26)30-10-16-17(31-12(2)27)18(32-13(3)28)19(33-14(4)29)21(34-16)25-20(22-23-24-25)15-8-6-5-7-9-15/h5-9,16-19,21H,10H2,1-4H3/t16-,17-,18+,19-,21-/m1/s1. The van der Waals surface area contributed by atoms with E-state index in [1.54, 1.807) is 24.3 Å². The monoisotopic (exact) mass is 476 g/mol. The minimum atomic E-state index is -1.32. The Morgan fingerprint density at radius 1 is 0.853 bits per heavy atom. The van der Waals surface area contributed by atoms with Gasteiger partial charge in [0.25, 0.3) is 0 Å². The van der Waals surface area contributed by atoms with Crippen LogP contribution in [-0.2, 0) is 42.9 Å². The summed E-state index contributed by atoms with van der Waals surface area (Å²) in [7, 11) is 0. The number of aromatic nitrogens is 4. The van der Waals surface area contributed by atoms with Crippen molar-refractivity contribution in [2.45, 2.75) is 58.3 Å². The Morgan fingerprint density at radius 2 is 1.44 bits per heavy atom. The Kier molecular flexibility index (Phi) is 7.89. The Labute approximate surface area is 194 Å². The highest BCUT2D eigenvalue weighted by Gasteiger charge is 2.53. The molecule has 1 fully saturated rings. The molecule has 0 unspecified atom stereocenters. The Hall–Kier alpha value is -3.87. The zero-order chi connectivity index (χ0) is 24.8. The third-order valence-electron chi connectivity index (χ3n) is 4.73. The lowest BCUT2D eigenvalue weighted by atomic mass is 9.97. The molecule has 2 heterocycles. The van der Waals surface area contributed by atoms with Crippen LogP contribution in [0.5, 0.6) is 0 Å². The van der Waals surface area contributed by atoms with Gasteiger partial charge in [-0.2, -0.15) is 4.68 Å². The van der Waals surface area contributed by atoms with Crippen LogP contribution in [0.15, 0.2) is 30.3 Å². The zero-order valence-electron chi connectivity index (χ0n) is 18.9. The molecule has 0 N–H and O–H groups in total. The summed E-state index contributed by atoms with van der Waals surface area (Å²) in [6.07, 6.45) is -6.24. The second-order valence-electron chi connectivity index (χ2n) is 7.40. The second-order valence-corrected chi connectivity index (χ2v) is 7.40. The molecule has 0 aliphatic carbocycles. The van der Waals surface area contributed by atoms with E-state index in [0.29, 0.717) is 5.56 Å². The lowest BCUT2D eigenvalue weighted by Gasteiger charge is -2.44. The maximum atomic E-state index is 12.0. The van der Waals surface area contributed by atoms with Gasteiger partial charge in [-0.3, -0.25) is 19.2 Å². The van der Waals surface area contributed by atoms with Crippen molar-refractivity contribution in [3.63, 3.8) is 0 Å². The Morgan fingerprint density at radius 3 is 2.03 bits per heavy atom. The molecule has 1 aliphatic heterocycles. The van der Waals surface area contributed by atoms with Crippen LogP contribution in [0.1, 0.15) is 33.9 Å². The molecular formula is C21H24N4O9. The summed E-state index contributed by atoms with van der Waals surface area (Å²) < 4.78 is 28.7. The highest BCUT2D eigenvalue weighted by Crippen LogP contribution is 2.36. The summed E-state index contributed by atoms with van der Waals surface area (Å²) in [5.41, 5.74) is 0.625. The predicted molar refractivity (Wildman–Crippen MR) is 110 cm³/mol. The normalized spacial score (nSPS) is 24.1. The summed E-state index contributed by atoms with van der Waals surface area (Å²) in [6.45, 7) is 4.30. The molecular weight excluding hydrogens is 452 g/mol. The number of carbonyl (C=O) groups is 4. The Balaban J connectivity index is 2.10. The van der Waals surface area contributed by atoms with Gasteiger partial charge < -0.3 is 23.7 Å². The van der Waals surface area contributed by atoms with Crippen molar-refractivity contribution in [1.29, 1.82) is 0 Å². The minimum Gasteiger partial charge on any atom is -0.463 e. The van der Waals surface area contributed by atoms with Gasteiger partial charge in [0.1, 0.15) is 12.7 Å². The predicted octanol–water partition coefficient (Wildman–Crippen LogP) is 0.596. The number of nitrogens with zero attached hydrogens (tertiary/aromatic N) is 4. The summed E-state index contributed by atoms with van der Waals surface area (Å²) in [5.74, 6) is -2.51. The molecule has 1 aliphatic rings. The summed E-state index contributed by atoms with van der Waals surface area (Å²) >= 11 is 0. The van der Waals surface area contributed by atoms with E-state index in [1.807, 2.05) is 6.07 Å². The third-order valence-corrected chi connectivity index (χ3v) is 4.73. The molecule has 1 saturated heterocycles. The van der Waals surface area contributed by atoms with Crippen LogP contribution in [0.4, 0.5) is 0 Å². The van der Waals surface area contributed by atoms with Gasteiger partial charge in [0.2, 0.25) is 0 Å². The van der Waals surface area contributed by atoms with E-state index in [0.717, 1.165) is 20.8 Å². The highest BCUT2D eigenvalue weighted by atomic mass is 16.7. The van der Waals surface area contributed by atoms with Crippen molar-refractivity contribution in [1.82, 2.24) is 20.2 Å². The van der Waals surface area contributed by atoms with E-state index in [2.05, 4.69) is 15.5 Å². The summed E-state index contributed by atoms with van der Waals surface area (Å²) in [6, 6.07) is 8.88. The van der Waals surface area contributed by atoms with Gasteiger partial charge >= 0.3 is 23.9 Å². The van der Waals surface area contributed by atoms with Gasteiger partial charge in [0, 0.05) is 33.3 Å². The number of hydrogen-bond donors (Lipinski definition) is 0. The van der Waals surface area contributed by atoms with Crippen LogP contribution >= 0.6 is 0 Å². The van der Waals surface area contributed by atoms with Crippen molar-refractivity contribution < 1.29 is 42.9 Å². The quantitative estimate of drug-likeness (QED) is 0.405. The average Bonchev–Trinajstić information content (AvgIpc) is 3.24. The SMILES string of the molecule is CC(=O)OC[C@H]1O[C@@H](n2nnnc2-c2ccccc2)[C@H](OC(C)=O)[C@@H](OC(C)=O)[C@@H]1OC(C)=O. The van der Waals surface area contributed by atoms with Crippen molar-refractivity contribution >= 4 is 23.9 Å². The fourth-order valence-electron chi connectivity index (χ4n) is 3.54. The fourth-order valence-corrected chi connectivity index (χ4v) is 3.54. The number of benzene rings is 1. The molecule has 1 aromatic carbocycles. The first-order valence-corrected chi connectivity index (χ1v) is 10.3. The van der Waals surface area contributed by atoms with Crippen molar-refractivity contribution in [2.24, 2.45) is 0 Å². The molecule has 5 atom stereocenters. The summed E-state index contributed by atoms with van der Waals surface area (Å²) in [5, 5.41) is 11.7. The molecule has 0 spiro atoms. The Bertz CT molecular complexity index is 1040. The maximum absolute atomic E-state index is 12.0. The first-order valence-electron chi connectivity index (χ1n) is 10.3. The topological polar surface area (TPSA) is 158 Å². The van der Waals surface area contributed by atoms with Crippen LogP contribution in [0, 0.1) is 0 Å². The van der Waals surface area contributed by atoms with Crippen LogP contribution in [0.3, 0.4) is 0 Å². The van der Waals surface area contributed by atoms with Crippen LogP contribution < -0.4 is 0 Å². The van der Waals surface area contributed by atoms with Gasteiger partial charge in [-0.25, -0.2) is 0 Å². The number of rotatable bonds is 7. The van der Waals surface area contributed by atoms with Crippen LogP contribution in [0.2, 0.25) is 0 Å². The second kappa shape index (κ2) is 10.8. The number of esters is 4. The van der Waals surface area contributed by atoms with Gasteiger partial charge in [-0.05, 0) is 10.4 Å². The van der Waals surface area contributed by atoms with Gasteiger partial charge in [0.05, 0.1) is 0 Å². The van der Waals surface area contributed by atoms with E-state index in [9.17, 15) is 19.2 Å². The minimum absolute atomic E-state index is 0.265. The molecule has 13 nitrogen and oxygen atoms in total. The van der Waals surface area contributed by atoms with Crippen molar-refractivity contribution in [3.05, 3.63) is 30.3 Å². The highest BCUT2D eigenvalue weighted by molar-refractivity contribution is 5.68. The van der Waals surface area contributed by atoms with E-state index >= 15 is 0 Å². The van der Waals surface area contributed by atoms with Gasteiger partial charge in [0.15, 0.2) is 30.4 Å². The third kappa shape index (κ3) is 5.92. The van der Waals surface area contributed by atoms with Crippen LogP contribution in [0.25, 0.3) is 11.4 Å². The molecule has 0 radical (unpaired) electrons. The number of tetrazole rings is 1. The molecule has 0 amide bonds. The van der Waals surface area contributed by atoms with E-state index in [1.165, 1.54) is 11.6 Å². The number of carbonyl (C=O) groups excluding carboxylic acids is 4. The largest absolute Gasteiger partial charge is 0.463 e. The smallest absolute Gasteiger partial charge is 0.303 e. The molecule has 2 aromatic rings.